The van der Waals surface area contributed by atoms with Crippen LogP contribution in [0.5, 0.6) is 0 Å². The summed E-state index contributed by atoms with van der Waals surface area (Å²) >= 11 is 28.3. The normalized spacial score (nSPS) is 11.5. The number of carbonyl (C=O) groups excluding carboxylic acids is 2. The number of halogens is 4. The van der Waals surface area contributed by atoms with Crippen LogP contribution in [-0.2, 0) is 16.0 Å². The second-order valence-electron chi connectivity index (χ2n) is 7.78. The monoisotopic (exact) mass is 599 g/mol. The molecule has 2 aromatic carbocycles. The van der Waals surface area contributed by atoms with E-state index in [0.29, 0.717) is 31.8 Å². The molecule has 0 aliphatic rings. The number of hydrogen-bond acceptors (Lipinski definition) is 6. The molecule has 5 nitrogen and oxygen atoms in total. The number of aryl methyl sites for hydroxylation is 1. The predicted octanol–water partition coefficient (Wildman–Crippen LogP) is 8.82. The van der Waals surface area contributed by atoms with Gasteiger partial charge in [0.15, 0.2) is 0 Å². The summed E-state index contributed by atoms with van der Waals surface area (Å²) in [6, 6.07) is 11.2. The van der Waals surface area contributed by atoms with Crippen LogP contribution in [0.3, 0.4) is 0 Å². The summed E-state index contributed by atoms with van der Waals surface area (Å²) in [6.45, 7) is 6.40. The molecule has 0 spiro atoms. The minimum atomic E-state index is 0.250. The van der Waals surface area contributed by atoms with Gasteiger partial charge in [0.05, 0.1) is 25.6 Å². The zero-order chi connectivity index (χ0) is 26.4. The minimum Gasteiger partial charge on any atom is -0.217 e. The van der Waals surface area contributed by atoms with Gasteiger partial charge in [-0.25, -0.2) is 9.67 Å². The van der Waals surface area contributed by atoms with Crippen LogP contribution in [0.2, 0.25) is 20.1 Å². The third-order valence-corrected chi connectivity index (χ3v) is 9.10. The lowest BCUT2D eigenvalue weighted by atomic mass is 10.1. The smallest absolute Gasteiger partial charge is 0.217 e. The van der Waals surface area contributed by atoms with E-state index in [-0.39, 0.29) is 6.15 Å². The first kappa shape index (κ1) is 28.7. The van der Waals surface area contributed by atoms with E-state index in [1.54, 1.807) is 17.4 Å². The molecule has 0 fully saturated rings. The molecule has 0 saturated heterocycles. The van der Waals surface area contributed by atoms with Gasteiger partial charge < -0.3 is 0 Å². The van der Waals surface area contributed by atoms with Gasteiger partial charge in [0.2, 0.25) is 5.13 Å². The van der Waals surface area contributed by atoms with Crippen molar-refractivity contribution in [2.75, 3.05) is 0 Å². The van der Waals surface area contributed by atoms with Crippen LogP contribution in [0.1, 0.15) is 37.1 Å². The zero-order valence-electron chi connectivity index (χ0n) is 19.5. The Bertz CT molecular complexity index is 1400. The van der Waals surface area contributed by atoms with E-state index in [1.807, 2.05) is 59.9 Å². The fourth-order valence-corrected chi connectivity index (χ4v) is 6.44. The quantitative estimate of drug-likeness (QED) is 0.198. The standard InChI is InChI=1S/C24H21Cl4N3S2.CO2/c1-4-13(2)32-23-22(16-6-8-19(26)21(28)10-16)29-24(33-23)31-12-17(14(3)30-31)9-15-5-7-18(25)11-20(15)27;2-1-3/h5-8,10-13H,4,9H2,1-3H3;. The summed E-state index contributed by atoms with van der Waals surface area (Å²) < 4.78 is 2.98. The first-order valence-electron chi connectivity index (χ1n) is 10.8. The fourth-order valence-electron chi connectivity index (χ4n) is 3.20. The molecule has 0 saturated carbocycles. The summed E-state index contributed by atoms with van der Waals surface area (Å²) in [5.74, 6) is 0. The van der Waals surface area contributed by atoms with Crippen LogP contribution in [-0.4, -0.2) is 26.2 Å². The summed E-state index contributed by atoms with van der Waals surface area (Å²) in [6.07, 6.45) is 4.00. The maximum atomic E-state index is 8.12. The van der Waals surface area contributed by atoms with E-state index < -0.39 is 0 Å². The lowest BCUT2D eigenvalue weighted by Crippen LogP contribution is -1.94. The Kier molecular flexibility index (Phi) is 10.5. The van der Waals surface area contributed by atoms with Gasteiger partial charge >= 0.3 is 6.15 Å². The van der Waals surface area contributed by atoms with Crippen molar-refractivity contribution < 1.29 is 9.59 Å². The number of thioether (sulfide) groups is 1. The van der Waals surface area contributed by atoms with E-state index in [9.17, 15) is 0 Å². The van der Waals surface area contributed by atoms with Gasteiger partial charge in [-0.3, -0.25) is 0 Å². The minimum absolute atomic E-state index is 0.250. The molecule has 0 bridgehead atoms. The van der Waals surface area contributed by atoms with Crippen molar-refractivity contribution >= 4 is 75.7 Å². The third-order valence-electron chi connectivity index (χ3n) is 5.25. The highest BCUT2D eigenvalue weighted by molar-refractivity contribution is 8.01. The Hall–Kier alpha value is -1.83. The van der Waals surface area contributed by atoms with Gasteiger partial charge in [-0.05, 0) is 48.7 Å². The van der Waals surface area contributed by atoms with E-state index >= 15 is 0 Å². The van der Waals surface area contributed by atoms with Gasteiger partial charge in [0.1, 0.15) is 0 Å². The summed E-state index contributed by atoms with van der Waals surface area (Å²) in [5, 5.41) is 8.32. The van der Waals surface area contributed by atoms with Crippen molar-refractivity contribution in [1.29, 1.82) is 0 Å². The fraction of sp³-hybridized carbons (Fsp3) is 0.240. The molecule has 0 radical (unpaired) electrons. The average Bonchev–Trinajstić information content (AvgIpc) is 3.41. The maximum Gasteiger partial charge on any atom is 0.373 e. The highest BCUT2D eigenvalue weighted by Crippen LogP contribution is 2.41. The average molecular weight is 601 g/mol. The van der Waals surface area contributed by atoms with Crippen LogP contribution in [0.15, 0.2) is 46.8 Å². The van der Waals surface area contributed by atoms with Crippen LogP contribution < -0.4 is 0 Å². The number of aromatic nitrogens is 3. The van der Waals surface area contributed by atoms with Gasteiger partial charge in [0.25, 0.3) is 0 Å². The van der Waals surface area contributed by atoms with Crippen LogP contribution in [0.4, 0.5) is 0 Å². The van der Waals surface area contributed by atoms with E-state index in [0.717, 1.165) is 43.8 Å². The van der Waals surface area contributed by atoms with Crippen LogP contribution in [0.25, 0.3) is 16.4 Å². The highest BCUT2D eigenvalue weighted by atomic mass is 35.5. The van der Waals surface area contributed by atoms with Crippen LogP contribution in [0, 0.1) is 6.92 Å². The first-order chi connectivity index (χ1) is 17.2. The molecule has 4 aromatic rings. The largest absolute Gasteiger partial charge is 0.373 e. The SMILES string of the molecule is CCC(C)Sc1sc(-n2cc(Cc3ccc(Cl)cc3Cl)c(C)n2)nc1-c1ccc(Cl)c(Cl)c1.O=C=O. The van der Waals surface area contributed by atoms with Crippen molar-refractivity contribution in [3.05, 3.63) is 79.5 Å². The molecule has 188 valence electrons. The predicted molar refractivity (Wildman–Crippen MR) is 149 cm³/mol. The van der Waals surface area contributed by atoms with E-state index in [1.165, 1.54) is 0 Å². The molecule has 0 aliphatic carbocycles. The molecule has 1 unspecified atom stereocenters. The second kappa shape index (κ2) is 13.1. The summed E-state index contributed by atoms with van der Waals surface area (Å²) in [7, 11) is 0. The molecule has 2 aromatic heterocycles. The Balaban J connectivity index is 0.00000115. The lowest BCUT2D eigenvalue weighted by Gasteiger charge is -2.08. The lowest BCUT2D eigenvalue weighted by molar-refractivity contribution is -0.191. The van der Waals surface area contributed by atoms with Crippen molar-refractivity contribution in [3.63, 3.8) is 0 Å². The molecular formula is C25H21Cl4N3O2S2. The highest BCUT2D eigenvalue weighted by Gasteiger charge is 2.19. The summed E-state index contributed by atoms with van der Waals surface area (Å²) in [4.78, 5) is 21.2. The summed E-state index contributed by atoms with van der Waals surface area (Å²) in [5.41, 5.74) is 4.86. The Morgan fingerprint density at radius 1 is 1.03 bits per heavy atom. The number of rotatable bonds is 7. The first-order valence-corrected chi connectivity index (χ1v) is 14.0. The zero-order valence-corrected chi connectivity index (χ0v) is 24.2. The number of hydrogen-bond donors (Lipinski definition) is 0. The molecule has 0 amide bonds. The molecule has 11 heteroatoms. The van der Waals surface area contributed by atoms with Crippen LogP contribution >= 0.6 is 69.5 Å². The third kappa shape index (κ3) is 7.14. The second-order valence-corrected chi connectivity index (χ2v) is 12.1. The van der Waals surface area contributed by atoms with Crippen molar-refractivity contribution in [3.8, 4) is 16.4 Å². The molecule has 4 rings (SSSR count). The van der Waals surface area contributed by atoms with Gasteiger partial charge in [0, 0.05) is 33.5 Å². The Labute approximate surface area is 237 Å². The molecule has 0 N–H and O–H groups in total. The van der Waals surface area contributed by atoms with Crippen molar-refractivity contribution in [2.24, 2.45) is 0 Å². The van der Waals surface area contributed by atoms with Crippen molar-refractivity contribution in [2.45, 2.75) is 43.1 Å². The van der Waals surface area contributed by atoms with Gasteiger partial charge in [-0.15, -0.1) is 11.8 Å². The molecule has 36 heavy (non-hydrogen) atoms. The van der Waals surface area contributed by atoms with Gasteiger partial charge in [-0.1, -0.05) is 83.7 Å². The maximum absolute atomic E-state index is 8.12. The number of nitrogens with zero attached hydrogens (tertiary/aromatic N) is 3. The number of thiazole rings is 1. The van der Waals surface area contributed by atoms with E-state index in [2.05, 4.69) is 13.8 Å². The topological polar surface area (TPSA) is 64.8 Å². The molecule has 2 heterocycles. The van der Waals surface area contributed by atoms with Gasteiger partial charge in [-0.2, -0.15) is 14.7 Å². The van der Waals surface area contributed by atoms with Crippen molar-refractivity contribution in [1.82, 2.24) is 14.8 Å². The molecular weight excluding hydrogens is 580 g/mol. The molecule has 0 aliphatic heterocycles. The Morgan fingerprint density at radius 2 is 1.75 bits per heavy atom. The number of benzene rings is 2. The molecule has 1 atom stereocenters. The Morgan fingerprint density at radius 3 is 2.39 bits per heavy atom. The van der Waals surface area contributed by atoms with E-state index in [4.69, 9.17) is 66.1 Å².